The van der Waals surface area contributed by atoms with Crippen molar-refractivity contribution in [3.63, 3.8) is 0 Å². The molecule has 0 aliphatic heterocycles. The first-order valence-electron chi connectivity index (χ1n) is 6.59. The molecule has 0 fully saturated rings. The van der Waals surface area contributed by atoms with Crippen LogP contribution in [0, 0.1) is 0 Å². The van der Waals surface area contributed by atoms with Crippen molar-refractivity contribution < 1.29 is 14.3 Å². The standard InChI is InChI=1S/C14H23NO3/c1-3-4-5-6-9-13(16)15-11-14(2,17)12-8-7-10-18-12/h7-8,10,17H,3-6,9,11H2,1-2H3,(H,15,16). The quantitative estimate of drug-likeness (QED) is 0.700. The van der Waals surface area contributed by atoms with Crippen LogP contribution < -0.4 is 5.32 Å². The van der Waals surface area contributed by atoms with Crippen LogP contribution in [0.3, 0.4) is 0 Å². The Morgan fingerprint density at radius 1 is 1.44 bits per heavy atom. The number of carbonyl (C=O) groups excluding carboxylic acids is 1. The number of carbonyl (C=O) groups is 1. The highest BCUT2D eigenvalue weighted by Gasteiger charge is 2.26. The van der Waals surface area contributed by atoms with Crippen molar-refractivity contribution in [2.75, 3.05) is 6.54 Å². The monoisotopic (exact) mass is 253 g/mol. The fourth-order valence-electron chi connectivity index (χ4n) is 1.74. The topological polar surface area (TPSA) is 62.5 Å². The van der Waals surface area contributed by atoms with Gasteiger partial charge in [-0.15, -0.1) is 0 Å². The third-order valence-electron chi connectivity index (χ3n) is 2.94. The van der Waals surface area contributed by atoms with E-state index in [2.05, 4.69) is 12.2 Å². The Kier molecular flexibility index (Phi) is 5.92. The van der Waals surface area contributed by atoms with Gasteiger partial charge in [0, 0.05) is 6.42 Å². The summed E-state index contributed by atoms with van der Waals surface area (Å²) in [7, 11) is 0. The maximum absolute atomic E-state index is 11.6. The first-order chi connectivity index (χ1) is 8.56. The molecule has 0 aromatic carbocycles. The van der Waals surface area contributed by atoms with Crippen LogP contribution in [0.2, 0.25) is 0 Å². The summed E-state index contributed by atoms with van der Waals surface area (Å²) in [6.45, 7) is 3.94. The summed E-state index contributed by atoms with van der Waals surface area (Å²) in [6, 6.07) is 3.42. The van der Waals surface area contributed by atoms with Crippen molar-refractivity contribution in [3.8, 4) is 0 Å². The van der Waals surface area contributed by atoms with Crippen LogP contribution in [0.25, 0.3) is 0 Å². The van der Waals surface area contributed by atoms with E-state index in [1.807, 2.05) is 0 Å². The predicted molar refractivity (Wildman–Crippen MR) is 70.0 cm³/mol. The maximum atomic E-state index is 11.6. The van der Waals surface area contributed by atoms with E-state index < -0.39 is 5.60 Å². The number of amides is 1. The van der Waals surface area contributed by atoms with E-state index in [1.165, 1.54) is 6.26 Å². The predicted octanol–water partition coefficient (Wildman–Crippen LogP) is 2.57. The number of aliphatic hydroxyl groups is 1. The van der Waals surface area contributed by atoms with Gasteiger partial charge in [-0.3, -0.25) is 4.79 Å². The number of hydrogen-bond donors (Lipinski definition) is 2. The maximum Gasteiger partial charge on any atom is 0.220 e. The fourth-order valence-corrected chi connectivity index (χ4v) is 1.74. The molecule has 1 amide bonds. The summed E-state index contributed by atoms with van der Waals surface area (Å²) >= 11 is 0. The second-order valence-electron chi connectivity index (χ2n) is 4.84. The van der Waals surface area contributed by atoms with Crippen LogP contribution in [0.5, 0.6) is 0 Å². The minimum atomic E-state index is -1.15. The largest absolute Gasteiger partial charge is 0.466 e. The highest BCUT2D eigenvalue weighted by atomic mass is 16.4. The molecule has 0 aliphatic carbocycles. The van der Waals surface area contributed by atoms with Gasteiger partial charge in [-0.05, 0) is 25.5 Å². The number of nitrogens with one attached hydrogen (secondary N) is 1. The minimum Gasteiger partial charge on any atom is -0.466 e. The average molecular weight is 253 g/mol. The highest BCUT2D eigenvalue weighted by molar-refractivity contribution is 5.75. The third kappa shape index (κ3) is 4.92. The molecular formula is C14H23NO3. The Hall–Kier alpha value is -1.29. The molecule has 1 heterocycles. The van der Waals surface area contributed by atoms with Gasteiger partial charge in [0.1, 0.15) is 11.4 Å². The van der Waals surface area contributed by atoms with E-state index in [4.69, 9.17) is 4.42 Å². The Bertz CT molecular complexity index is 344. The second-order valence-corrected chi connectivity index (χ2v) is 4.84. The molecule has 1 aromatic heterocycles. The van der Waals surface area contributed by atoms with E-state index in [-0.39, 0.29) is 12.5 Å². The van der Waals surface area contributed by atoms with E-state index in [9.17, 15) is 9.90 Å². The van der Waals surface area contributed by atoms with Crippen molar-refractivity contribution in [3.05, 3.63) is 24.2 Å². The lowest BCUT2D eigenvalue weighted by molar-refractivity contribution is -0.122. The lowest BCUT2D eigenvalue weighted by Crippen LogP contribution is -2.38. The molecular weight excluding hydrogens is 230 g/mol. The van der Waals surface area contributed by atoms with Crippen molar-refractivity contribution in [2.45, 2.75) is 51.6 Å². The van der Waals surface area contributed by atoms with Crippen LogP contribution in [0.1, 0.15) is 51.7 Å². The number of unbranched alkanes of at least 4 members (excludes halogenated alkanes) is 3. The molecule has 0 spiro atoms. The molecule has 1 aromatic rings. The molecule has 0 aliphatic rings. The summed E-state index contributed by atoms with van der Waals surface area (Å²) in [5, 5.41) is 12.9. The molecule has 1 atom stereocenters. The molecule has 102 valence electrons. The zero-order valence-corrected chi connectivity index (χ0v) is 11.2. The molecule has 1 rings (SSSR count). The van der Waals surface area contributed by atoms with Gasteiger partial charge in [0.05, 0.1) is 12.8 Å². The van der Waals surface area contributed by atoms with Crippen molar-refractivity contribution >= 4 is 5.91 Å². The van der Waals surface area contributed by atoms with Crippen LogP contribution >= 0.6 is 0 Å². The summed E-state index contributed by atoms with van der Waals surface area (Å²) < 4.78 is 5.14. The molecule has 0 radical (unpaired) electrons. The van der Waals surface area contributed by atoms with Crippen molar-refractivity contribution in [1.29, 1.82) is 0 Å². The summed E-state index contributed by atoms with van der Waals surface area (Å²) in [5.74, 6) is 0.451. The van der Waals surface area contributed by atoms with Crippen molar-refractivity contribution in [2.24, 2.45) is 0 Å². The van der Waals surface area contributed by atoms with Crippen LogP contribution in [-0.4, -0.2) is 17.6 Å². The molecule has 18 heavy (non-hydrogen) atoms. The minimum absolute atomic E-state index is 0.0158. The lowest BCUT2D eigenvalue weighted by Gasteiger charge is -2.21. The fraction of sp³-hybridized carbons (Fsp3) is 0.643. The van der Waals surface area contributed by atoms with Gasteiger partial charge in [-0.25, -0.2) is 0 Å². The van der Waals surface area contributed by atoms with Gasteiger partial charge >= 0.3 is 0 Å². The first-order valence-corrected chi connectivity index (χ1v) is 6.59. The Labute approximate surface area is 108 Å². The molecule has 0 bridgehead atoms. The number of rotatable bonds is 8. The van der Waals surface area contributed by atoms with Gasteiger partial charge in [-0.1, -0.05) is 26.2 Å². The normalized spacial score (nSPS) is 14.2. The van der Waals surface area contributed by atoms with Crippen LogP contribution in [0.15, 0.2) is 22.8 Å². The second kappa shape index (κ2) is 7.21. The molecule has 4 nitrogen and oxygen atoms in total. The Morgan fingerprint density at radius 3 is 2.83 bits per heavy atom. The van der Waals surface area contributed by atoms with E-state index in [0.29, 0.717) is 12.2 Å². The zero-order chi connectivity index (χ0) is 13.4. The highest BCUT2D eigenvalue weighted by Crippen LogP contribution is 2.19. The Balaban J connectivity index is 2.25. The zero-order valence-electron chi connectivity index (χ0n) is 11.2. The SMILES string of the molecule is CCCCCCC(=O)NCC(C)(O)c1ccco1. The molecule has 1 unspecified atom stereocenters. The summed E-state index contributed by atoms with van der Waals surface area (Å²) in [5.41, 5.74) is -1.15. The van der Waals surface area contributed by atoms with E-state index >= 15 is 0 Å². The van der Waals surface area contributed by atoms with Gasteiger partial charge in [0.15, 0.2) is 0 Å². The van der Waals surface area contributed by atoms with E-state index in [0.717, 1.165) is 25.7 Å². The van der Waals surface area contributed by atoms with Gasteiger partial charge in [-0.2, -0.15) is 0 Å². The molecule has 0 saturated heterocycles. The third-order valence-corrected chi connectivity index (χ3v) is 2.94. The average Bonchev–Trinajstić information content (AvgIpc) is 2.87. The smallest absolute Gasteiger partial charge is 0.220 e. The van der Waals surface area contributed by atoms with Gasteiger partial charge in [0.2, 0.25) is 5.91 Å². The van der Waals surface area contributed by atoms with Crippen LogP contribution in [-0.2, 0) is 10.4 Å². The lowest BCUT2D eigenvalue weighted by atomic mass is 10.0. The van der Waals surface area contributed by atoms with E-state index in [1.54, 1.807) is 19.1 Å². The first kappa shape index (κ1) is 14.8. The van der Waals surface area contributed by atoms with Gasteiger partial charge in [0.25, 0.3) is 0 Å². The molecule has 2 N–H and O–H groups in total. The molecule has 0 saturated carbocycles. The number of furan rings is 1. The summed E-state index contributed by atoms with van der Waals surface area (Å²) in [6.07, 6.45) is 6.35. The Morgan fingerprint density at radius 2 is 2.22 bits per heavy atom. The molecule has 4 heteroatoms. The van der Waals surface area contributed by atoms with Crippen molar-refractivity contribution in [1.82, 2.24) is 5.32 Å². The summed E-state index contributed by atoms with van der Waals surface area (Å²) in [4.78, 5) is 11.6. The number of hydrogen-bond acceptors (Lipinski definition) is 3. The van der Waals surface area contributed by atoms with Crippen LogP contribution in [0.4, 0.5) is 0 Å². The van der Waals surface area contributed by atoms with Gasteiger partial charge < -0.3 is 14.8 Å².